The third-order valence-electron chi connectivity index (χ3n) is 6.30. The highest BCUT2D eigenvalue weighted by molar-refractivity contribution is 5.98. The van der Waals surface area contributed by atoms with Gasteiger partial charge in [-0.3, -0.25) is 0 Å². The number of oxime groups is 1. The molecule has 0 aliphatic carbocycles. The number of hydrogen-bond donors (Lipinski definition) is 1. The molecule has 0 amide bonds. The largest absolute Gasteiger partial charge is 0.498 e. The van der Waals surface area contributed by atoms with Crippen LogP contribution >= 0.6 is 0 Å². The molecule has 0 saturated carbocycles. The van der Waals surface area contributed by atoms with Gasteiger partial charge in [-0.15, -0.1) is 0 Å². The number of rotatable bonds is 13. The molecule has 2 unspecified atom stereocenters. The molecule has 1 N–H and O–H groups in total. The maximum atomic E-state index is 14.5. The second-order valence-corrected chi connectivity index (χ2v) is 9.22. The Morgan fingerprint density at radius 3 is 2.76 bits per heavy atom. The molecule has 2 fully saturated rings. The molecule has 10 heteroatoms. The quantitative estimate of drug-likeness (QED) is 0.316. The highest BCUT2D eigenvalue weighted by Gasteiger charge is 2.26. The summed E-state index contributed by atoms with van der Waals surface area (Å²) in [6.45, 7) is 8.63. The van der Waals surface area contributed by atoms with Crippen LogP contribution in [0, 0.1) is 11.7 Å². The highest BCUT2D eigenvalue weighted by Crippen LogP contribution is 2.25. The van der Waals surface area contributed by atoms with E-state index in [1.165, 1.54) is 0 Å². The maximum absolute atomic E-state index is 14.5. The van der Waals surface area contributed by atoms with Gasteiger partial charge in [0.05, 0.1) is 50.3 Å². The van der Waals surface area contributed by atoms with Gasteiger partial charge < -0.3 is 29.1 Å². The maximum Gasteiger partial charge on any atom is 0.225 e. The number of nitrogens with zero attached hydrogens (tertiary/aromatic N) is 4. The number of halogens is 1. The first kappa shape index (κ1) is 27.0. The van der Waals surface area contributed by atoms with Gasteiger partial charge in [-0.1, -0.05) is 36.9 Å². The molecule has 2 aliphatic rings. The van der Waals surface area contributed by atoms with Gasteiger partial charge >= 0.3 is 0 Å². The SMILES string of the molecule is C=C(CC)OCC(CON=C1CN(c2ncc(-c3cccc(CO)c3F)cn2)C1)COC1CCCCO1. The average Bonchev–Trinajstić information content (AvgIpc) is 2.91. The minimum Gasteiger partial charge on any atom is -0.498 e. The van der Waals surface area contributed by atoms with Crippen molar-refractivity contribution < 1.29 is 28.5 Å². The average molecular weight is 515 g/mol. The second kappa shape index (κ2) is 13.5. The van der Waals surface area contributed by atoms with E-state index in [0.717, 1.165) is 43.8 Å². The van der Waals surface area contributed by atoms with Crippen molar-refractivity contribution >= 4 is 11.7 Å². The van der Waals surface area contributed by atoms with Crippen LogP contribution < -0.4 is 4.90 Å². The first-order chi connectivity index (χ1) is 18.1. The molecule has 1 aromatic heterocycles. The van der Waals surface area contributed by atoms with Crippen LogP contribution in [0.25, 0.3) is 11.1 Å². The summed E-state index contributed by atoms with van der Waals surface area (Å²) in [6, 6.07) is 4.89. The van der Waals surface area contributed by atoms with Crippen LogP contribution in [-0.2, 0) is 25.7 Å². The zero-order valence-corrected chi connectivity index (χ0v) is 21.3. The summed E-state index contributed by atoms with van der Waals surface area (Å²) in [7, 11) is 0. The van der Waals surface area contributed by atoms with Crippen LogP contribution in [0.1, 0.15) is 38.2 Å². The molecular weight excluding hydrogens is 479 g/mol. The molecule has 3 heterocycles. The Balaban J connectivity index is 1.25. The number of allylic oxidation sites excluding steroid dienone is 1. The van der Waals surface area contributed by atoms with E-state index in [4.69, 9.17) is 19.0 Å². The number of anilines is 1. The Kier molecular flexibility index (Phi) is 9.81. The zero-order valence-electron chi connectivity index (χ0n) is 21.3. The molecule has 2 saturated heterocycles. The fourth-order valence-electron chi connectivity index (χ4n) is 3.94. The first-order valence-corrected chi connectivity index (χ1v) is 12.7. The van der Waals surface area contributed by atoms with Gasteiger partial charge in [-0.05, 0) is 19.3 Å². The van der Waals surface area contributed by atoms with Gasteiger partial charge in [0.25, 0.3) is 0 Å². The van der Waals surface area contributed by atoms with Gasteiger partial charge in [0.1, 0.15) is 12.4 Å². The van der Waals surface area contributed by atoms with E-state index >= 15 is 0 Å². The predicted octanol–water partition coefficient (Wildman–Crippen LogP) is 4.07. The topological polar surface area (TPSA) is 98.5 Å². The second-order valence-electron chi connectivity index (χ2n) is 9.22. The summed E-state index contributed by atoms with van der Waals surface area (Å²) in [6.07, 6.45) is 6.84. The van der Waals surface area contributed by atoms with E-state index in [9.17, 15) is 9.50 Å². The van der Waals surface area contributed by atoms with Gasteiger partial charge in [-0.2, -0.15) is 0 Å². The summed E-state index contributed by atoms with van der Waals surface area (Å²) < 4.78 is 31.8. The van der Waals surface area contributed by atoms with E-state index in [1.807, 2.05) is 11.8 Å². The molecular formula is C27H35FN4O5. The Hall–Kier alpha value is -3.08. The number of aromatic nitrogens is 2. The fourth-order valence-corrected chi connectivity index (χ4v) is 3.94. The van der Waals surface area contributed by atoms with E-state index in [0.29, 0.717) is 50.0 Å². The lowest BCUT2D eigenvalue weighted by molar-refractivity contribution is -0.174. The zero-order chi connectivity index (χ0) is 26.0. The van der Waals surface area contributed by atoms with Gasteiger partial charge in [-0.25, -0.2) is 14.4 Å². The van der Waals surface area contributed by atoms with E-state index in [-0.39, 0.29) is 24.4 Å². The smallest absolute Gasteiger partial charge is 0.225 e. The van der Waals surface area contributed by atoms with Crippen LogP contribution in [0.3, 0.4) is 0 Å². The lowest BCUT2D eigenvalue weighted by atomic mass is 10.1. The van der Waals surface area contributed by atoms with Crippen molar-refractivity contribution in [1.82, 2.24) is 9.97 Å². The highest BCUT2D eigenvalue weighted by atomic mass is 19.1. The molecule has 0 radical (unpaired) electrons. The molecule has 4 rings (SSSR count). The molecule has 2 atom stereocenters. The first-order valence-electron chi connectivity index (χ1n) is 12.7. The van der Waals surface area contributed by atoms with Crippen molar-refractivity contribution in [3.63, 3.8) is 0 Å². The minimum absolute atomic E-state index is 0.00466. The van der Waals surface area contributed by atoms with Crippen LogP contribution in [0.5, 0.6) is 0 Å². The molecule has 0 spiro atoms. The third-order valence-corrected chi connectivity index (χ3v) is 6.30. The van der Waals surface area contributed by atoms with E-state index in [1.54, 1.807) is 30.6 Å². The summed E-state index contributed by atoms with van der Waals surface area (Å²) >= 11 is 0. The lowest BCUT2D eigenvalue weighted by Crippen LogP contribution is -2.48. The molecule has 200 valence electrons. The van der Waals surface area contributed by atoms with Crippen molar-refractivity contribution in [3.05, 3.63) is 54.3 Å². The monoisotopic (exact) mass is 514 g/mol. The van der Waals surface area contributed by atoms with Crippen LogP contribution in [0.2, 0.25) is 0 Å². The van der Waals surface area contributed by atoms with Crippen LogP contribution in [0.4, 0.5) is 10.3 Å². The number of hydrogen-bond acceptors (Lipinski definition) is 9. The van der Waals surface area contributed by atoms with Crippen molar-refractivity contribution in [1.29, 1.82) is 0 Å². The third kappa shape index (κ3) is 7.47. The molecule has 37 heavy (non-hydrogen) atoms. The van der Waals surface area contributed by atoms with Gasteiger partial charge in [0, 0.05) is 42.1 Å². The Morgan fingerprint density at radius 2 is 2.05 bits per heavy atom. The summed E-state index contributed by atoms with van der Waals surface area (Å²) in [5, 5.41) is 13.5. The lowest BCUT2D eigenvalue weighted by Gasteiger charge is -2.32. The Bertz CT molecular complexity index is 1050. The van der Waals surface area contributed by atoms with Gasteiger partial charge in [0.15, 0.2) is 6.29 Å². The van der Waals surface area contributed by atoms with Crippen LogP contribution in [0.15, 0.2) is 48.1 Å². The molecule has 2 aliphatic heterocycles. The van der Waals surface area contributed by atoms with Crippen molar-refractivity contribution in [3.8, 4) is 11.1 Å². The predicted molar refractivity (Wildman–Crippen MR) is 137 cm³/mol. The summed E-state index contributed by atoms with van der Waals surface area (Å²) in [4.78, 5) is 16.3. The summed E-state index contributed by atoms with van der Waals surface area (Å²) in [5.74, 6) is 0.799. The van der Waals surface area contributed by atoms with Crippen LogP contribution in [-0.4, -0.2) is 66.6 Å². The normalized spacial score (nSPS) is 18.2. The number of ether oxygens (including phenoxy) is 3. The molecule has 2 aromatic rings. The van der Waals surface area contributed by atoms with E-state index in [2.05, 4.69) is 21.7 Å². The Morgan fingerprint density at radius 1 is 1.24 bits per heavy atom. The van der Waals surface area contributed by atoms with Crippen molar-refractivity contribution in [2.45, 2.75) is 45.5 Å². The summed E-state index contributed by atoms with van der Waals surface area (Å²) in [5.41, 5.74) is 2.03. The Labute approximate surface area is 216 Å². The molecule has 1 aromatic carbocycles. The standard InChI is InChI=1S/C27H35FN4O5/c1-3-19(2)35-16-20(17-36-25-9-4-5-10-34-25)18-37-31-23-13-32(14-23)27-29-11-22(12-30-27)24-8-6-7-21(15-33)26(24)28/h6-8,11-12,20,25,33H,2-5,9-10,13-18H2,1H3. The van der Waals surface area contributed by atoms with E-state index < -0.39 is 5.82 Å². The number of aliphatic hydroxyl groups is 1. The van der Waals surface area contributed by atoms with Gasteiger partial charge in [0.2, 0.25) is 5.95 Å². The van der Waals surface area contributed by atoms with Crippen molar-refractivity contribution in [2.75, 3.05) is 44.4 Å². The number of aliphatic hydroxyl groups excluding tert-OH is 1. The van der Waals surface area contributed by atoms with Crippen molar-refractivity contribution in [2.24, 2.45) is 11.1 Å². The molecule has 9 nitrogen and oxygen atoms in total. The number of benzene rings is 1. The fraction of sp³-hybridized carbons (Fsp3) is 0.519. The molecule has 0 bridgehead atoms. The minimum atomic E-state index is -0.462.